The Morgan fingerprint density at radius 1 is 1.19 bits per heavy atom. The van der Waals surface area contributed by atoms with Crippen LogP contribution in [0.3, 0.4) is 0 Å². The van der Waals surface area contributed by atoms with Crippen molar-refractivity contribution >= 4 is 11.8 Å². The minimum Gasteiger partial charge on any atom is -0.437 e. The molecule has 0 N–H and O–H groups in total. The van der Waals surface area contributed by atoms with Crippen LogP contribution < -0.4 is 0 Å². The van der Waals surface area contributed by atoms with Crippen molar-refractivity contribution in [2.45, 2.75) is 25.5 Å². The van der Waals surface area contributed by atoms with Gasteiger partial charge >= 0.3 is 0 Å². The first-order valence-electron chi connectivity index (χ1n) is 5.36. The molecule has 0 fully saturated rings. The highest BCUT2D eigenvalue weighted by atomic mass is 32.2. The molecule has 0 aliphatic heterocycles. The maximum atomic E-state index is 5.50. The topological polar surface area (TPSA) is 26.0 Å². The third-order valence-corrected chi connectivity index (χ3v) is 3.30. The van der Waals surface area contributed by atoms with E-state index in [9.17, 15) is 0 Å². The summed E-state index contributed by atoms with van der Waals surface area (Å²) in [5.41, 5.74) is 2.34. The number of thioether (sulfide) groups is 1. The van der Waals surface area contributed by atoms with Crippen LogP contribution in [0, 0.1) is 13.8 Å². The van der Waals surface area contributed by atoms with Crippen molar-refractivity contribution in [2.24, 2.45) is 0 Å². The van der Waals surface area contributed by atoms with Crippen LogP contribution in [0.5, 0.6) is 0 Å². The van der Waals surface area contributed by atoms with E-state index in [-0.39, 0.29) is 0 Å². The zero-order valence-corrected chi connectivity index (χ0v) is 10.4. The zero-order chi connectivity index (χ0) is 11.4. The van der Waals surface area contributed by atoms with Crippen LogP contribution in [0.1, 0.15) is 17.0 Å². The molecule has 2 nitrogen and oxygen atoms in total. The van der Waals surface area contributed by atoms with Gasteiger partial charge in [-0.05, 0) is 25.8 Å². The lowest BCUT2D eigenvalue weighted by Crippen LogP contribution is -1.87. The Hall–Kier alpha value is -1.22. The summed E-state index contributed by atoms with van der Waals surface area (Å²) in [4.78, 5) is 4.34. The van der Waals surface area contributed by atoms with Crippen LogP contribution in [0.25, 0.3) is 0 Å². The highest BCUT2D eigenvalue weighted by Gasteiger charge is 2.05. The van der Waals surface area contributed by atoms with Crippen molar-refractivity contribution in [1.82, 2.24) is 4.98 Å². The molecule has 0 aliphatic rings. The molecular weight excluding hydrogens is 218 g/mol. The molecule has 2 rings (SSSR count). The quantitative estimate of drug-likeness (QED) is 0.754. The highest BCUT2D eigenvalue weighted by Crippen LogP contribution is 2.20. The Bertz CT molecular complexity index is 431. The maximum absolute atomic E-state index is 5.50. The van der Waals surface area contributed by atoms with Gasteiger partial charge in [-0.3, -0.25) is 0 Å². The van der Waals surface area contributed by atoms with Crippen LogP contribution in [0.15, 0.2) is 40.0 Å². The number of aromatic nitrogens is 1. The summed E-state index contributed by atoms with van der Waals surface area (Å²) in [6.45, 7) is 3.92. The number of hydrogen-bond donors (Lipinski definition) is 0. The molecule has 2 aromatic rings. The lowest BCUT2D eigenvalue weighted by atomic mass is 10.2. The van der Waals surface area contributed by atoms with Gasteiger partial charge in [-0.1, -0.05) is 42.1 Å². The molecule has 0 saturated carbocycles. The molecule has 3 heteroatoms. The predicted molar refractivity (Wildman–Crippen MR) is 66.8 cm³/mol. The molecule has 0 saturated heterocycles. The van der Waals surface area contributed by atoms with Crippen molar-refractivity contribution in [3.63, 3.8) is 0 Å². The molecule has 1 aromatic carbocycles. The zero-order valence-electron chi connectivity index (χ0n) is 9.56. The molecular formula is C13H15NOS. The number of rotatable bonds is 4. The van der Waals surface area contributed by atoms with Gasteiger partial charge in [0.2, 0.25) is 0 Å². The normalized spacial score (nSPS) is 10.6. The Kier molecular flexibility index (Phi) is 3.67. The van der Waals surface area contributed by atoms with Crippen LogP contribution in [0.2, 0.25) is 0 Å². The Labute approximate surface area is 100 Å². The number of oxazole rings is 1. The fourth-order valence-electron chi connectivity index (χ4n) is 1.41. The van der Waals surface area contributed by atoms with Gasteiger partial charge in [0, 0.05) is 5.75 Å². The van der Waals surface area contributed by atoms with Gasteiger partial charge in [-0.2, -0.15) is 0 Å². The lowest BCUT2D eigenvalue weighted by molar-refractivity contribution is 0.431. The highest BCUT2D eigenvalue weighted by molar-refractivity contribution is 7.99. The van der Waals surface area contributed by atoms with Crippen LogP contribution in [-0.2, 0) is 6.42 Å². The van der Waals surface area contributed by atoms with Gasteiger partial charge in [-0.25, -0.2) is 4.98 Å². The minimum absolute atomic E-state index is 0.783. The molecule has 1 aromatic heterocycles. The van der Waals surface area contributed by atoms with Crippen molar-refractivity contribution in [3.8, 4) is 0 Å². The average Bonchev–Trinajstić information content (AvgIpc) is 2.60. The van der Waals surface area contributed by atoms with Crippen molar-refractivity contribution in [2.75, 3.05) is 5.75 Å². The minimum atomic E-state index is 0.783. The summed E-state index contributed by atoms with van der Waals surface area (Å²) in [6.07, 6.45) is 1.05. The van der Waals surface area contributed by atoms with E-state index in [2.05, 4.69) is 29.2 Å². The summed E-state index contributed by atoms with van der Waals surface area (Å²) in [5, 5.41) is 0.783. The van der Waals surface area contributed by atoms with E-state index in [1.807, 2.05) is 19.9 Å². The number of hydrogen-bond acceptors (Lipinski definition) is 3. The second-order valence-corrected chi connectivity index (χ2v) is 4.75. The largest absolute Gasteiger partial charge is 0.437 e. The van der Waals surface area contributed by atoms with Gasteiger partial charge in [0.05, 0.1) is 5.69 Å². The van der Waals surface area contributed by atoms with Crippen molar-refractivity contribution in [1.29, 1.82) is 0 Å². The first-order chi connectivity index (χ1) is 7.75. The first-order valence-corrected chi connectivity index (χ1v) is 6.35. The SMILES string of the molecule is Cc1nc(SCCc2ccccc2)oc1C. The van der Waals surface area contributed by atoms with Crippen molar-refractivity contribution < 1.29 is 4.42 Å². The molecule has 0 aliphatic carbocycles. The van der Waals surface area contributed by atoms with Gasteiger partial charge in [0.1, 0.15) is 5.76 Å². The van der Waals surface area contributed by atoms with E-state index < -0.39 is 0 Å². The molecule has 1 heterocycles. The molecule has 0 radical (unpaired) electrons. The fraction of sp³-hybridized carbons (Fsp3) is 0.308. The molecule has 0 atom stereocenters. The monoisotopic (exact) mass is 233 g/mol. The van der Waals surface area contributed by atoms with Gasteiger partial charge in [0.25, 0.3) is 5.22 Å². The smallest absolute Gasteiger partial charge is 0.256 e. The summed E-state index contributed by atoms with van der Waals surface area (Å²) in [6, 6.07) is 10.5. The molecule has 0 unspecified atom stereocenters. The molecule has 16 heavy (non-hydrogen) atoms. The van der Waals surface area contributed by atoms with E-state index in [4.69, 9.17) is 4.42 Å². The predicted octanol–water partition coefficient (Wildman–Crippen LogP) is 3.63. The summed E-state index contributed by atoms with van der Waals surface area (Å²) in [7, 11) is 0. The maximum Gasteiger partial charge on any atom is 0.256 e. The van der Waals surface area contributed by atoms with E-state index in [1.165, 1.54) is 5.56 Å². The van der Waals surface area contributed by atoms with E-state index >= 15 is 0 Å². The Morgan fingerprint density at radius 3 is 2.56 bits per heavy atom. The average molecular weight is 233 g/mol. The van der Waals surface area contributed by atoms with Crippen molar-refractivity contribution in [3.05, 3.63) is 47.3 Å². The van der Waals surface area contributed by atoms with Gasteiger partial charge in [0.15, 0.2) is 0 Å². The second-order valence-electron chi connectivity index (χ2n) is 3.71. The Morgan fingerprint density at radius 2 is 1.94 bits per heavy atom. The number of aryl methyl sites for hydroxylation is 3. The molecule has 84 valence electrons. The fourth-order valence-corrected chi connectivity index (χ4v) is 2.30. The van der Waals surface area contributed by atoms with Crippen LogP contribution in [0.4, 0.5) is 0 Å². The van der Waals surface area contributed by atoms with Crippen LogP contribution in [-0.4, -0.2) is 10.7 Å². The summed E-state index contributed by atoms with van der Waals surface area (Å²) >= 11 is 1.67. The number of benzene rings is 1. The van der Waals surface area contributed by atoms with E-state index in [1.54, 1.807) is 11.8 Å². The summed E-state index contributed by atoms with van der Waals surface area (Å²) < 4.78 is 5.50. The lowest BCUT2D eigenvalue weighted by Gasteiger charge is -1.98. The molecule has 0 amide bonds. The van der Waals surface area contributed by atoms with Gasteiger partial charge in [-0.15, -0.1) is 0 Å². The number of nitrogens with zero attached hydrogens (tertiary/aromatic N) is 1. The van der Waals surface area contributed by atoms with Gasteiger partial charge < -0.3 is 4.42 Å². The molecule has 0 bridgehead atoms. The summed E-state index contributed by atoms with van der Waals surface area (Å²) in [5.74, 6) is 1.92. The third-order valence-electron chi connectivity index (χ3n) is 2.47. The third kappa shape index (κ3) is 2.89. The Balaban J connectivity index is 1.84. The van der Waals surface area contributed by atoms with Crippen LogP contribution >= 0.6 is 11.8 Å². The molecule has 0 spiro atoms. The van der Waals surface area contributed by atoms with E-state index in [0.29, 0.717) is 0 Å². The standard InChI is InChI=1S/C13H15NOS/c1-10-11(2)15-13(14-10)16-9-8-12-6-4-3-5-7-12/h3-7H,8-9H2,1-2H3. The second kappa shape index (κ2) is 5.21. The first kappa shape index (κ1) is 11.3. The van der Waals surface area contributed by atoms with E-state index in [0.717, 1.165) is 28.9 Å².